The lowest BCUT2D eigenvalue weighted by molar-refractivity contribution is -0.137. The molecule has 0 aliphatic rings. The first kappa shape index (κ1) is 16.4. The Labute approximate surface area is 129 Å². The Bertz CT molecular complexity index is 669. The van der Waals surface area contributed by atoms with Gasteiger partial charge in [0.15, 0.2) is 0 Å². The zero-order chi connectivity index (χ0) is 16.3. The maximum Gasteiger partial charge on any atom is 0.416 e. The SMILES string of the molecule is CN(Cc1cccc(C(F)(F)F)c1)C(=O)c1csc(CN)n1. The van der Waals surface area contributed by atoms with Gasteiger partial charge in [0.1, 0.15) is 10.7 Å². The molecule has 1 aromatic heterocycles. The second-order valence-corrected chi connectivity index (χ2v) is 5.63. The Morgan fingerprint density at radius 3 is 2.73 bits per heavy atom. The summed E-state index contributed by atoms with van der Waals surface area (Å²) in [4.78, 5) is 17.6. The number of halogens is 3. The molecule has 1 aromatic carbocycles. The molecule has 2 N–H and O–H groups in total. The molecular weight excluding hydrogens is 315 g/mol. The summed E-state index contributed by atoms with van der Waals surface area (Å²) in [6, 6.07) is 4.91. The lowest BCUT2D eigenvalue weighted by atomic mass is 10.1. The molecule has 0 fully saturated rings. The monoisotopic (exact) mass is 329 g/mol. The Hall–Kier alpha value is -1.93. The second-order valence-electron chi connectivity index (χ2n) is 4.69. The van der Waals surface area contributed by atoms with Gasteiger partial charge in [-0.05, 0) is 17.7 Å². The van der Waals surface area contributed by atoms with Crippen molar-refractivity contribution in [2.24, 2.45) is 5.73 Å². The number of amides is 1. The lowest BCUT2D eigenvalue weighted by Gasteiger charge is -2.17. The number of carbonyl (C=O) groups is 1. The van der Waals surface area contributed by atoms with Crippen molar-refractivity contribution in [1.82, 2.24) is 9.88 Å². The molecule has 0 spiro atoms. The van der Waals surface area contributed by atoms with Gasteiger partial charge in [0.2, 0.25) is 0 Å². The van der Waals surface area contributed by atoms with E-state index in [9.17, 15) is 18.0 Å². The molecule has 0 saturated carbocycles. The predicted octanol–water partition coefficient (Wildman–Crippen LogP) is 2.89. The summed E-state index contributed by atoms with van der Waals surface area (Å²) >= 11 is 1.28. The van der Waals surface area contributed by atoms with Crippen LogP contribution in [0.5, 0.6) is 0 Å². The molecule has 0 atom stereocenters. The first-order valence-electron chi connectivity index (χ1n) is 6.37. The zero-order valence-electron chi connectivity index (χ0n) is 11.7. The summed E-state index contributed by atoms with van der Waals surface area (Å²) < 4.78 is 38.0. The minimum Gasteiger partial charge on any atom is -0.336 e. The molecule has 2 rings (SSSR count). The second kappa shape index (κ2) is 6.45. The Morgan fingerprint density at radius 2 is 2.14 bits per heavy atom. The standard InChI is InChI=1S/C14H14F3N3OS/c1-20(13(21)11-8-22-12(6-18)19-11)7-9-3-2-4-10(5-9)14(15,16)17/h2-5,8H,6-7,18H2,1H3. The maximum absolute atomic E-state index is 12.7. The number of carbonyl (C=O) groups excluding carboxylic acids is 1. The minimum atomic E-state index is -4.40. The van der Waals surface area contributed by atoms with Crippen LogP contribution in [0.2, 0.25) is 0 Å². The van der Waals surface area contributed by atoms with Crippen molar-refractivity contribution in [3.8, 4) is 0 Å². The van der Waals surface area contributed by atoms with E-state index >= 15 is 0 Å². The third-order valence-corrected chi connectivity index (χ3v) is 3.84. The number of nitrogens with two attached hydrogens (primary N) is 1. The molecule has 0 radical (unpaired) electrons. The lowest BCUT2D eigenvalue weighted by Crippen LogP contribution is -2.26. The van der Waals surface area contributed by atoms with Crippen molar-refractivity contribution in [3.05, 3.63) is 51.5 Å². The number of hydrogen-bond acceptors (Lipinski definition) is 4. The van der Waals surface area contributed by atoms with Gasteiger partial charge >= 0.3 is 6.18 Å². The van der Waals surface area contributed by atoms with E-state index in [1.807, 2.05) is 0 Å². The summed E-state index contributed by atoms with van der Waals surface area (Å²) in [7, 11) is 1.52. The number of benzene rings is 1. The van der Waals surface area contributed by atoms with Crippen LogP contribution in [-0.2, 0) is 19.3 Å². The molecular formula is C14H14F3N3OS. The van der Waals surface area contributed by atoms with Crippen molar-refractivity contribution in [1.29, 1.82) is 0 Å². The molecule has 0 aliphatic carbocycles. The number of rotatable bonds is 4. The highest BCUT2D eigenvalue weighted by Gasteiger charge is 2.30. The van der Waals surface area contributed by atoms with E-state index in [0.717, 1.165) is 12.1 Å². The van der Waals surface area contributed by atoms with Crippen LogP contribution in [0.4, 0.5) is 13.2 Å². The fourth-order valence-corrected chi connectivity index (χ4v) is 2.54. The third kappa shape index (κ3) is 3.83. The Morgan fingerprint density at radius 1 is 1.41 bits per heavy atom. The summed E-state index contributed by atoms with van der Waals surface area (Å²) in [5.41, 5.74) is 5.36. The van der Waals surface area contributed by atoms with Crippen molar-refractivity contribution in [2.45, 2.75) is 19.3 Å². The average Bonchev–Trinajstić information content (AvgIpc) is 2.94. The Balaban J connectivity index is 2.11. The largest absolute Gasteiger partial charge is 0.416 e. The maximum atomic E-state index is 12.7. The van der Waals surface area contributed by atoms with Crippen LogP contribution in [0.3, 0.4) is 0 Å². The smallest absolute Gasteiger partial charge is 0.336 e. The molecule has 4 nitrogen and oxygen atoms in total. The average molecular weight is 329 g/mol. The summed E-state index contributed by atoms with van der Waals surface area (Å²) in [6.45, 7) is 0.313. The summed E-state index contributed by atoms with van der Waals surface area (Å²) in [6.07, 6.45) is -4.40. The minimum absolute atomic E-state index is 0.0677. The first-order valence-corrected chi connectivity index (χ1v) is 7.25. The van der Waals surface area contributed by atoms with Crippen LogP contribution in [0.25, 0.3) is 0 Å². The number of nitrogens with zero attached hydrogens (tertiary/aromatic N) is 2. The topological polar surface area (TPSA) is 59.2 Å². The van der Waals surface area contributed by atoms with Gasteiger partial charge < -0.3 is 10.6 Å². The third-order valence-electron chi connectivity index (χ3n) is 2.97. The molecule has 118 valence electrons. The van der Waals surface area contributed by atoms with Gasteiger partial charge in [-0.1, -0.05) is 12.1 Å². The van der Waals surface area contributed by atoms with Gasteiger partial charge in [0.25, 0.3) is 5.91 Å². The van der Waals surface area contributed by atoms with Gasteiger partial charge in [-0.3, -0.25) is 4.79 Å². The summed E-state index contributed by atoms with van der Waals surface area (Å²) in [5.74, 6) is -0.353. The van der Waals surface area contributed by atoms with E-state index < -0.39 is 11.7 Å². The van der Waals surface area contributed by atoms with Crippen LogP contribution >= 0.6 is 11.3 Å². The van der Waals surface area contributed by atoms with Crippen LogP contribution in [0.15, 0.2) is 29.6 Å². The van der Waals surface area contributed by atoms with E-state index in [-0.39, 0.29) is 24.7 Å². The molecule has 0 unspecified atom stereocenters. The zero-order valence-corrected chi connectivity index (χ0v) is 12.5. The Kier molecular flexibility index (Phi) is 4.82. The highest BCUT2D eigenvalue weighted by molar-refractivity contribution is 7.09. The van der Waals surface area contributed by atoms with Crippen LogP contribution < -0.4 is 5.73 Å². The molecule has 0 bridgehead atoms. The molecule has 0 saturated heterocycles. The van der Waals surface area contributed by atoms with Gasteiger partial charge in [-0.25, -0.2) is 4.98 Å². The van der Waals surface area contributed by atoms with Crippen molar-refractivity contribution >= 4 is 17.2 Å². The number of alkyl halides is 3. The molecule has 1 amide bonds. The number of thiazole rings is 1. The van der Waals surface area contributed by atoms with Crippen LogP contribution in [0.1, 0.15) is 26.6 Å². The fourth-order valence-electron chi connectivity index (χ4n) is 1.89. The number of hydrogen-bond donors (Lipinski definition) is 1. The van der Waals surface area contributed by atoms with Crippen LogP contribution in [-0.4, -0.2) is 22.8 Å². The van der Waals surface area contributed by atoms with Crippen molar-refractivity contribution in [3.63, 3.8) is 0 Å². The molecule has 1 heterocycles. The van der Waals surface area contributed by atoms with E-state index in [2.05, 4.69) is 4.98 Å². The highest BCUT2D eigenvalue weighted by Crippen LogP contribution is 2.29. The highest BCUT2D eigenvalue weighted by atomic mass is 32.1. The van der Waals surface area contributed by atoms with Gasteiger partial charge in [-0.15, -0.1) is 11.3 Å². The van der Waals surface area contributed by atoms with Crippen LogP contribution in [0, 0.1) is 0 Å². The van der Waals surface area contributed by atoms with Gasteiger partial charge in [0.05, 0.1) is 5.56 Å². The van der Waals surface area contributed by atoms with E-state index in [4.69, 9.17) is 5.73 Å². The van der Waals surface area contributed by atoms with Gasteiger partial charge in [-0.2, -0.15) is 13.2 Å². The van der Waals surface area contributed by atoms with Crippen molar-refractivity contribution in [2.75, 3.05) is 7.05 Å². The predicted molar refractivity (Wildman–Crippen MR) is 77.2 cm³/mol. The quantitative estimate of drug-likeness (QED) is 0.938. The first-order chi connectivity index (χ1) is 10.3. The van der Waals surface area contributed by atoms with E-state index in [1.165, 1.54) is 29.4 Å². The summed E-state index contributed by atoms with van der Waals surface area (Å²) in [5, 5.41) is 2.23. The molecule has 22 heavy (non-hydrogen) atoms. The van der Waals surface area contributed by atoms with E-state index in [0.29, 0.717) is 10.6 Å². The molecule has 0 aliphatic heterocycles. The fraction of sp³-hybridized carbons (Fsp3) is 0.286. The molecule has 8 heteroatoms. The van der Waals surface area contributed by atoms with E-state index in [1.54, 1.807) is 11.4 Å². The number of aromatic nitrogens is 1. The normalized spacial score (nSPS) is 11.5. The van der Waals surface area contributed by atoms with Gasteiger partial charge in [0, 0.05) is 25.5 Å². The van der Waals surface area contributed by atoms with Crippen molar-refractivity contribution < 1.29 is 18.0 Å². The molecule has 2 aromatic rings.